The van der Waals surface area contributed by atoms with Gasteiger partial charge in [-0.2, -0.15) is 5.10 Å². The summed E-state index contributed by atoms with van der Waals surface area (Å²) < 4.78 is 2.04. The molecule has 0 atom stereocenters. The highest BCUT2D eigenvalue weighted by atomic mass is 15.3. The Hall–Kier alpha value is -1.61. The minimum atomic E-state index is 0.647. The summed E-state index contributed by atoms with van der Waals surface area (Å²) in [4.78, 5) is 0. The summed E-state index contributed by atoms with van der Waals surface area (Å²) in [5, 5.41) is 4.55. The molecule has 0 radical (unpaired) electrons. The Morgan fingerprint density at radius 3 is 2.53 bits per heavy atom. The minimum absolute atomic E-state index is 0.647. The maximum atomic E-state index is 5.57. The van der Waals surface area contributed by atoms with Gasteiger partial charge in [0.25, 0.3) is 0 Å². The molecule has 0 saturated carbocycles. The Morgan fingerprint density at radius 1 is 1.24 bits per heavy atom. The Labute approximate surface area is 102 Å². The van der Waals surface area contributed by atoms with Gasteiger partial charge in [0, 0.05) is 13.0 Å². The van der Waals surface area contributed by atoms with Crippen LogP contribution in [0.1, 0.15) is 18.2 Å². The largest absolute Gasteiger partial charge is 0.330 e. The van der Waals surface area contributed by atoms with E-state index in [1.165, 1.54) is 16.8 Å². The van der Waals surface area contributed by atoms with Crippen molar-refractivity contribution < 1.29 is 0 Å². The second-order valence-corrected chi connectivity index (χ2v) is 4.24. The first-order valence-electron chi connectivity index (χ1n) is 6.08. The summed E-state index contributed by atoms with van der Waals surface area (Å²) in [5.41, 5.74) is 10.3. The maximum absolute atomic E-state index is 5.57. The van der Waals surface area contributed by atoms with E-state index in [0.717, 1.165) is 18.7 Å². The third-order valence-corrected chi connectivity index (χ3v) is 2.88. The molecule has 0 amide bonds. The molecule has 17 heavy (non-hydrogen) atoms. The van der Waals surface area contributed by atoms with Gasteiger partial charge in [-0.05, 0) is 32.0 Å². The maximum Gasteiger partial charge on any atom is 0.0685 e. The Balaban J connectivity index is 2.39. The second-order valence-electron chi connectivity index (χ2n) is 4.24. The fourth-order valence-electron chi connectivity index (χ4n) is 1.94. The van der Waals surface area contributed by atoms with Gasteiger partial charge in [-0.3, -0.25) is 4.68 Å². The molecular formula is C14H19N3. The van der Waals surface area contributed by atoms with Crippen LogP contribution in [-0.2, 0) is 13.0 Å². The van der Waals surface area contributed by atoms with Crippen molar-refractivity contribution in [1.82, 2.24) is 9.78 Å². The first-order valence-corrected chi connectivity index (χ1v) is 6.08. The van der Waals surface area contributed by atoms with E-state index in [1.807, 2.05) is 4.68 Å². The quantitative estimate of drug-likeness (QED) is 0.874. The number of benzene rings is 1. The van der Waals surface area contributed by atoms with Gasteiger partial charge in [0.05, 0.1) is 11.4 Å². The van der Waals surface area contributed by atoms with Gasteiger partial charge in [-0.25, -0.2) is 0 Å². The number of hydrogen-bond acceptors (Lipinski definition) is 2. The smallest absolute Gasteiger partial charge is 0.0685 e. The van der Waals surface area contributed by atoms with Crippen molar-refractivity contribution in [2.45, 2.75) is 26.8 Å². The third kappa shape index (κ3) is 2.56. The van der Waals surface area contributed by atoms with Gasteiger partial charge in [-0.15, -0.1) is 0 Å². The number of nitrogens with zero attached hydrogens (tertiary/aromatic N) is 2. The zero-order valence-corrected chi connectivity index (χ0v) is 10.5. The molecule has 1 aromatic carbocycles. The molecule has 0 bridgehead atoms. The van der Waals surface area contributed by atoms with E-state index in [0.29, 0.717) is 6.54 Å². The molecule has 90 valence electrons. The first-order chi connectivity index (χ1) is 8.24. The molecule has 2 aromatic rings. The SMILES string of the molecule is CCn1nc(CCN)cc1-c1ccc(C)cc1. The lowest BCUT2D eigenvalue weighted by Crippen LogP contribution is -2.04. The van der Waals surface area contributed by atoms with E-state index < -0.39 is 0 Å². The van der Waals surface area contributed by atoms with Crippen LogP contribution in [0.2, 0.25) is 0 Å². The van der Waals surface area contributed by atoms with E-state index in [-0.39, 0.29) is 0 Å². The third-order valence-electron chi connectivity index (χ3n) is 2.88. The summed E-state index contributed by atoms with van der Waals surface area (Å²) >= 11 is 0. The number of hydrogen-bond donors (Lipinski definition) is 1. The van der Waals surface area contributed by atoms with Crippen LogP contribution in [0.25, 0.3) is 11.3 Å². The van der Waals surface area contributed by atoms with Crippen molar-refractivity contribution in [2.24, 2.45) is 5.73 Å². The van der Waals surface area contributed by atoms with Gasteiger partial charge >= 0.3 is 0 Å². The van der Waals surface area contributed by atoms with E-state index in [2.05, 4.69) is 49.3 Å². The molecular weight excluding hydrogens is 210 g/mol. The zero-order chi connectivity index (χ0) is 12.3. The van der Waals surface area contributed by atoms with E-state index >= 15 is 0 Å². The molecule has 2 rings (SSSR count). The van der Waals surface area contributed by atoms with Gasteiger partial charge in [0.2, 0.25) is 0 Å². The molecule has 1 heterocycles. The Bertz CT molecular complexity index is 483. The van der Waals surface area contributed by atoms with Crippen molar-refractivity contribution in [2.75, 3.05) is 6.54 Å². The topological polar surface area (TPSA) is 43.8 Å². The average Bonchev–Trinajstić information content (AvgIpc) is 2.74. The Kier molecular flexibility index (Phi) is 3.59. The van der Waals surface area contributed by atoms with Crippen molar-refractivity contribution in [1.29, 1.82) is 0 Å². The Morgan fingerprint density at radius 2 is 1.94 bits per heavy atom. The highest BCUT2D eigenvalue weighted by Gasteiger charge is 2.08. The highest BCUT2D eigenvalue weighted by molar-refractivity contribution is 5.60. The first kappa shape index (κ1) is 11.9. The van der Waals surface area contributed by atoms with Crippen LogP contribution in [-0.4, -0.2) is 16.3 Å². The minimum Gasteiger partial charge on any atom is -0.330 e. The number of aromatic nitrogens is 2. The van der Waals surface area contributed by atoms with Crippen LogP contribution < -0.4 is 5.73 Å². The lowest BCUT2D eigenvalue weighted by molar-refractivity contribution is 0.652. The molecule has 0 aliphatic carbocycles. The predicted octanol–water partition coefficient (Wildman–Crippen LogP) is 2.38. The van der Waals surface area contributed by atoms with Crippen molar-refractivity contribution in [3.05, 3.63) is 41.6 Å². The van der Waals surface area contributed by atoms with Gasteiger partial charge in [-0.1, -0.05) is 29.8 Å². The normalized spacial score (nSPS) is 10.8. The average molecular weight is 229 g/mol. The van der Waals surface area contributed by atoms with Gasteiger partial charge in [0.1, 0.15) is 0 Å². The molecule has 3 heteroatoms. The molecule has 2 N–H and O–H groups in total. The van der Waals surface area contributed by atoms with Crippen molar-refractivity contribution in [3.8, 4) is 11.3 Å². The van der Waals surface area contributed by atoms with Crippen LogP contribution >= 0.6 is 0 Å². The number of nitrogens with two attached hydrogens (primary N) is 1. The van der Waals surface area contributed by atoms with Crippen LogP contribution in [0, 0.1) is 6.92 Å². The fraction of sp³-hybridized carbons (Fsp3) is 0.357. The van der Waals surface area contributed by atoms with Crippen LogP contribution in [0.4, 0.5) is 0 Å². The highest BCUT2D eigenvalue weighted by Crippen LogP contribution is 2.21. The predicted molar refractivity (Wildman–Crippen MR) is 70.8 cm³/mol. The summed E-state index contributed by atoms with van der Waals surface area (Å²) in [6.07, 6.45) is 0.839. The molecule has 0 aliphatic rings. The molecule has 0 spiro atoms. The summed E-state index contributed by atoms with van der Waals surface area (Å²) in [6.45, 7) is 5.74. The summed E-state index contributed by atoms with van der Waals surface area (Å²) in [5.74, 6) is 0. The molecule has 0 unspecified atom stereocenters. The summed E-state index contributed by atoms with van der Waals surface area (Å²) in [6, 6.07) is 10.7. The molecule has 3 nitrogen and oxygen atoms in total. The van der Waals surface area contributed by atoms with E-state index in [4.69, 9.17) is 5.73 Å². The molecule has 0 saturated heterocycles. The van der Waals surface area contributed by atoms with Gasteiger partial charge < -0.3 is 5.73 Å². The monoisotopic (exact) mass is 229 g/mol. The fourth-order valence-corrected chi connectivity index (χ4v) is 1.94. The van der Waals surface area contributed by atoms with E-state index in [1.54, 1.807) is 0 Å². The molecule has 1 aromatic heterocycles. The van der Waals surface area contributed by atoms with Crippen LogP contribution in [0.15, 0.2) is 30.3 Å². The summed E-state index contributed by atoms with van der Waals surface area (Å²) in [7, 11) is 0. The second kappa shape index (κ2) is 5.15. The van der Waals surface area contributed by atoms with E-state index in [9.17, 15) is 0 Å². The van der Waals surface area contributed by atoms with Crippen LogP contribution in [0.5, 0.6) is 0 Å². The number of aryl methyl sites for hydroxylation is 2. The number of rotatable bonds is 4. The lowest BCUT2D eigenvalue weighted by atomic mass is 10.1. The van der Waals surface area contributed by atoms with Crippen molar-refractivity contribution in [3.63, 3.8) is 0 Å². The molecule has 0 fully saturated rings. The standard InChI is InChI=1S/C14H19N3/c1-3-17-14(10-13(16-17)8-9-15)12-6-4-11(2)5-7-12/h4-7,10H,3,8-9,15H2,1-2H3. The van der Waals surface area contributed by atoms with Crippen LogP contribution in [0.3, 0.4) is 0 Å². The zero-order valence-electron chi connectivity index (χ0n) is 10.5. The van der Waals surface area contributed by atoms with Gasteiger partial charge in [0.15, 0.2) is 0 Å². The molecule has 0 aliphatic heterocycles. The lowest BCUT2D eigenvalue weighted by Gasteiger charge is -2.04. The van der Waals surface area contributed by atoms with Crippen molar-refractivity contribution >= 4 is 0 Å².